The molecule has 27 heavy (non-hydrogen) atoms. The minimum atomic E-state index is -0.442. The fourth-order valence-corrected chi connectivity index (χ4v) is 3.01. The largest absolute Gasteiger partial charge is 0.352 e. The van der Waals surface area contributed by atoms with E-state index in [9.17, 15) is 9.18 Å². The summed E-state index contributed by atoms with van der Waals surface area (Å²) in [6, 6.07) is 13.6. The summed E-state index contributed by atoms with van der Waals surface area (Å²) in [5.74, 6) is 1.09. The van der Waals surface area contributed by atoms with Crippen LogP contribution in [0.2, 0.25) is 0 Å². The Hall–Kier alpha value is -3.42. The fraction of sp³-hybridized carbons (Fsp3) is 0.211. The Bertz CT molecular complexity index is 904. The maximum Gasteiger partial charge on any atom is 0.322 e. The SMILES string of the molecule is O=C(Nc1ccccc1F)N1CCN(c2ccc(-n3cccc3)nn2)CC1. The highest BCUT2D eigenvalue weighted by Crippen LogP contribution is 2.16. The lowest BCUT2D eigenvalue weighted by Gasteiger charge is -2.35. The van der Waals surface area contributed by atoms with Crippen molar-refractivity contribution in [1.29, 1.82) is 0 Å². The van der Waals surface area contributed by atoms with Gasteiger partial charge in [-0.05, 0) is 36.4 Å². The number of hydrogen-bond donors (Lipinski definition) is 1. The quantitative estimate of drug-likeness (QED) is 0.774. The smallest absolute Gasteiger partial charge is 0.322 e. The van der Waals surface area contributed by atoms with Crippen LogP contribution in [0.3, 0.4) is 0 Å². The Morgan fingerprint density at radius 3 is 2.22 bits per heavy atom. The van der Waals surface area contributed by atoms with Gasteiger partial charge in [0.05, 0.1) is 5.69 Å². The van der Waals surface area contributed by atoms with Gasteiger partial charge in [-0.3, -0.25) is 0 Å². The molecule has 0 radical (unpaired) electrons. The molecule has 1 saturated heterocycles. The molecule has 1 aliphatic heterocycles. The number of benzene rings is 1. The standard InChI is InChI=1S/C19H19FN6O/c20-15-5-1-2-6-16(15)21-19(27)26-13-11-25(12-14-26)18-8-7-17(22-23-18)24-9-3-4-10-24/h1-10H,11-14H2,(H,21,27). The van der Waals surface area contributed by atoms with Crippen molar-refractivity contribution in [1.82, 2.24) is 19.7 Å². The maximum absolute atomic E-state index is 13.7. The van der Waals surface area contributed by atoms with E-state index in [0.717, 1.165) is 11.6 Å². The van der Waals surface area contributed by atoms with Crippen LogP contribution in [-0.2, 0) is 0 Å². The number of nitrogens with one attached hydrogen (secondary N) is 1. The van der Waals surface area contributed by atoms with Crippen LogP contribution in [0.15, 0.2) is 60.9 Å². The van der Waals surface area contributed by atoms with Crippen molar-refractivity contribution in [2.75, 3.05) is 36.4 Å². The summed E-state index contributed by atoms with van der Waals surface area (Å²) >= 11 is 0. The average molecular weight is 366 g/mol. The molecule has 1 aliphatic rings. The van der Waals surface area contributed by atoms with E-state index in [-0.39, 0.29) is 11.7 Å². The van der Waals surface area contributed by atoms with E-state index < -0.39 is 5.82 Å². The second-order valence-electron chi connectivity index (χ2n) is 6.22. The first-order valence-electron chi connectivity index (χ1n) is 8.73. The van der Waals surface area contributed by atoms with Crippen molar-refractivity contribution in [3.63, 3.8) is 0 Å². The van der Waals surface area contributed by atoms with Crippen LogP contribution in [0, 0.1) is 5.82 Å². The van der Waals surface area contributed by atoms with Crippen LogP contribution in [-0.4, -0.2) is 51.9 Å². The molecule has 1 fully saturated rings. The van der Waals surface area contributed by atoms with E-state index in [0.29, 0.717) is 26.2 Å². The van der Waals surface area contributed by atoms with Gasteiger partial charge in [-0.25, -0.2) is 9.18 Å². The van der Waals surface area contributed by atoms with Gasteiger partial charge in [0, 0.05) is 38.6 Å². The summed E-state index contributed by atoms with van der Waals surface area (Å²) in [5, 5.41) is 11.2. The summed E-state index contributed by atoms with van der Waals surface area (Å²) in [7, 11) is 0. The zero-order valence-corrected chi connectivity index (χ0v) is 14.6. The first kappa shape index (κ1) is 17.0. The van der Waals surface area contributed by atoms with Gasteiger partial charge in [-0.1, -0.05) is 12.1 Å². The van der Waals surface area contributed by atoms with Crippen molar-refractivity contribution < 1.29 is 9.18 Å². The molecule has 8 heteroatoms. The molecule has 0 saturated carbocycles. The molecule has 4 rings (SSSR count). The Morgan fingerprint density at radius 2 is 1.56 bits per heavy atom. The van der Waals surface area contributed by atoms with Gasteiger partial charge in [-0.2, -0.15) is 0 Å². The number of nitrogens with zero attached hydrogens (tertiary/aromatic N) is 5. The summed E-state index contributed by atoms with van der Waals surface area (Å²) < 4.78 is 15.6. The number of hydrogen-bond acceptors (Lipinski definition) is 4. The number of rotatable bonds is 3. The van der Waals surface area contributed by atoms with Crippen LogP contribution in [0.25, 0.3) is 5.82 Å². The van der Waals surface area contributed by atoms with Gasteiger partial charge >= 0.3 is 6.03 Å². The molecule has 3 heterocycles. The highest BCUT2D eigenvalue weighted by atomic mass is 19.1. The second kappa shape index (κ2) is 7.45. The zero-order chi connectivity index (χ0) is 18.6. The van der Waals surface area contributed by atoms with Gasteiger partial charge in [0.15, 0.2) is 11.6 Å². The Kier molecular flexibility index (Phi) is 4.69. The number of urea groups is 1. The normalized spacial score (nSPS) is 14.3. The van der Waals surface area contributed by atoms with Crippen molar-refractivity contribution in [3.8, 4) is 5.82 Å². The topological polar surface area (TPSA) is 66.3 Å². The molecule has 7 nitrogen and oxygen atoms in total. The summed E-state index contributed by atoms with van der Waals surface area (Å²) in [5.41, 5.74) is 0.191. The minimum absolute atomic E-state index is 0.191. The Labute approximate surface area is 156 Å². The molecule has 0 atom stereocenters. The first-order chi connectivity index (χ1) is 13.2. The number of carbonyl (C=O) groups excluding carboxylic acids is 1. The first-order valence-corrected chi connectivity index (χ1v) is 8.73. The van der Waals surface area contributed by atoms with E-state index in [1.807, 2.05) is 41.2 Å². The third kappa shape index (κ3) is 3.74. The number of aromatic nitrogens is 3. The van der Waals surface area contributed by atoms with Gasteiger partial charge in [0.25, 0.3) is 0 Å². The molecular formula is C19H19FN6O. The predicted molar refractivity (Wildman–Crippen MR) is 101 cm³/mol. The molecule has 0 aliphatic carbocycles. The molecule has 0 bridgehead atoms. The van der Waals surface area contributed by atoms with Crippen molar-refractivity contribution in [2.24, 2.45) is 0 Å². The van der Waals surface area contributed by atoms with E-state index in [4.69, 9.17) is 0 Å². The Balaban J connectivity index is 1.34. The lowest BCUT2D eigenvalue weighted by molar-refractivity contribution is 0.208. The van der Waals surface area contributed by atoms with Gasteiger partial charge in [-0.15, -0.1) is 10.2 Å². The van der Waals surface area contributed by atoms with E-state index in [1.165, 1.54) is 6.07 Å². The number of halogens is 1. The third-order valence-corrected chi connectivity index (χ3v) is 4.51. The van der Waals surface area contributed by atoms with E-state index in [1.54, 1.807) is 23.1 Å². The van der Waals surface area contributed by atoms with Crippen molar-refractivity contribution >= 4 is 17.5 Å². The fourth-order valence-electron chi connectivity index (χ4n) is 3.01. The number of carbonyl (C=O) groups is 1. The van der Waals surface area contributed by atoms with Gasteiger partial charge in [0.2, 0.25) is 0 Å². The molecule has 2 aromatic heterocycles. The van der Waals surface area contributed by atoms with E-state index >= 15 is 0 Å². The zero-order valence-electron chi connectivity index (χ0n) is 14.6. The van der Waals surface area contributed by atoms with Crippen LogP contribution in [0.5, 0.6) is 0 Å². The lowest BCUT2D eigenvalue weighted by Crippen LogP contribution is -2.50. The molecule has 2 amide bonds. The van der Waals surface area contributed by atoms with E-state index in [2.05, 4.69) is 20.4 Å². The maximum atomic E-state index is 13.7. The van der Waals surface area contributed by atoms with Crippen molar-refractivity contribution in [2.45, 2.75) is 0 Å². The molecular weight excluding hydrogens is 347 g/mol. The van der Waals surface area contributed by atoms with Crippen LogP contribution >= 0.6 is 0 Å². The number of anilines is 2. The molecule has 3 aromatic rings. The second-order valence-corrected chi connectivity index (χ2v) is 6.22. The summed E-state index contributed by atoms with van der Waals surface area (Å²) in [6.07, 6.45) is 3.83. The van der Waals surface area contributed by atoms with Gasteiger partial charge < -0.3 is 19.7 Å². The number of amides is 2. The average Bonchev–Trinajstić information content (AvgIpc) is 3.25. The Morgan fingerprint density at radius 1 is 0.889 bits per heavy atom. The minimum Gasteiger partial charge on any atom is -0.352 e. The molecule has 0 unspecified atom stereocenters. The summed E-state index contributed by atoms with van der Waals surface area (Å²) in [6.45, 7) is 2.34. The molecule has 0 spiro atoms. The molecule has 138 valence electrons. The summed E-state index contributed by atoms with van der Waals surface area (Å²) in [4.78, 5) is 16.1. The van der Waals surface area contributed by atoms with Crippen LogP contribution < -0.4 is 10.2 Å². The van der Waals surface area contributed by atoms with Crippen LogP contribution in [0.4, 0.5) is 20.7 Å². The van der Waals surface area contributed by atoms with Crippen molar-refractivity contribution in [3.05, 3.63) is 66.7 Å². The van der Waals surface area contributed by atoms with Crippen LogP contribution in [0.1, 0.15) is 0 Å². The lowest BCUT2D eigenvalue weighted by atomic mass is 10.3. The monoisotopic (exact) mass is 366 g/mol. The molecule has 1 N–H and O–H groups in total. The number of para-hydroxylation sites is 1. The third-order valence-electron chi connectivity index (χ3n) is 4.51. The number of piperazine rings is 1. The predicted octanol–water partition coefficient (Wildman–Crippen LogP) is 2.76. The van der Waals surface area contributed by atoms with Gasteiger partial charge in [0.1, 0.15) is 5.82 Å². The highest BCUT2D eigenvalue weighted by molar-refractivity contribution is 5.89. The highest BCUT2D eigenvalue weighted by Gasteiger charge is 2.22. The molecule has 1 aromatic carbocycles.